The third kappa shape index (κ3) is 4.09. The summed E-state index contributed by atoms with van der Waals surface area (Å²) < 4.78 is 1.34. The van der Waals surface area contributed by atoms with E-state index in [-0.39, 0.29) is 5.41 Å². The van der Waals surface area contributed by atoms with Crippen LogP contribution in [0.3, 0.4) is 0 Å². The Morgan fingerprint density at radius 1 is 0.411 bits per heavy atom. The van der Waals surface area contributed by atoms with Crippen molar-refractivity contribution in [2.45, 2.75) is 24.7 Å². The molecule has 1 nitrogen and oxygen atoms in total. The monoisotopic (exact) mass is 731 g/mol. The second-order valence-corrected chi connectivity index (χ2v) is 17.0. The van der Waals surface area contributed by atoms with Crippen LogP contribution in [0.25, 0.3) is 53.9 Å². The van der Waals surface area contributed by atoms with Crippen LogP contribution in [0.5, 0.6) is 0 Å². The molecule has 8 aromatic carbocycles. The largest absolute Gasteiger partial charge is 0.310 e. The van der Waals surface area contributed by atoms with E-state index in [0.717, 1.165) is 17.1 Å². The molecule has 0 N–H and O–H groups in total. The number of rotatable bonds is 4. The lowest BCUT2D eigenvalue weighted by Crippen LogP contribution is -2.26. The second kappa shape index (κ2) is 11.5. The lowest BCUT2D eigenvalue weighted by molar-refractivity contribution is 0.660. The fourth-order valence-electron chi connectivity index (χ4n) is 10.5. The molecule has 0 radical (unpaired) electrons. The van der Waals surface area contributed by atoms with E-state index in [4.69, 9.17) is 0 Å². The summed E-state index contributed by atoms with van der Waals surface area (Å²) >= 11 is 1.94. The molecule has 56 heavy (non-hydrogen) atoms. The van der Waals surface area contributed by atoms with E-state index in [1.807, 2.05) is 11.3 Å². The fraction of sp³-hybridized carbons (Fsp3) is 0.0741. The van der Waals surface area contributed by atoms with Crippen molar-refractivity contribution in [2.75, 3.05) is 4.90 Å². The van der Waals surface area contributed by atoms with Crippen LogP contribution in [-0.2, 0) is 10.8 Å². The van der Waals surface area contributed by atoms with Gasteiger partial charge >= 0.3 is 0 Å². The van der Waals surface area contributed by atoms with Crippen LogP contribution in [0.1, 0.15) is 47.2 Å². The molecule has 0 bridgehead atoms. The highest BCUT2D eigenvalue weighted by Crippen LogP contribution is 2.66. The highest BCUT2D eigenvalue weighted by Gasteiger charge is 2.53. The minimum Gasteiger partial charge on any atom is -0.310 e. The molecule has 2 heteroatoms. The maximum absolute atomic E-state index is 2.53. The summed E-state index contributed by atoms with van der Waals surface area (Å²) in [4.78, 5) is 3.91. The Morgan fingerprint density at radius 2 is 0.929 bits per heavy atom. The lowest BCUT2D eigenvalue weighted by atomic mass is 9.70. The first-order valence-electron chi connectivity index (χ1n) is 19.6. The van der Waals surface area contributed by atoms with E-state index in [1.54, 1.807) is 0 Å². The Kier molecular flexibility index (Phi) is 6.55. The number of anilines is 3. The van der Waals surface area contributed by atoms with Gasteiger partial charge in [-0.1, -0.05) is 166 Å². The van der Waals surface area contributed by atoms with Gasteiger partial charge in [-0.05, 0) is 109 Å². The zero-order chi connectivity index (χ0) is 37.2. The molecule has 1 spiro atoms. The minimum absolute atomic E-state index is 0.125. The fourth-order valence-corrected chi connectivity index (χ4v) is 11.8. The van der Waals surface area contributed by atoms with Crippen molar-refractivity contribution < 1.29 is 0 Å². The molecule has 0 aliphatic heterocycles. The zero-order valence-electron chi connectivity index (χ0n) is 31.3. The predicted octanol–water partition coefficient (Wildman–Crippen LogP) is 14.7. The van der Waals surface area contributed by atoms with E-state index >= 15 is 0 Å². The van der Waals surface area contributed by atoms with Gasteiger partial charge in [0.2, 0.25) is 0 Å². The summed E-state index contributed by atoms with van der Waals surface area (Å²) in [5, 5.41) is 1.35. The molecular weight excluding hydrogens is 695 g/mol. The topological polar surface area (TPSA) is 3.24 Å². The van der Waals surface area contributed by atoms with Crippen LogP contribution in [0.15, 0.2) is 188 Å². The molecule has 3 aliphatic rings. The van der Waals surface area contributed by atoms with Gasteiger partial charge in [-0.25, -0.2) is 0 Å². The molecule has 1 aromatic heterocycles. The Balaban J connectivity index is 1.16. The summed E-state index contributed by atoms with van der Waals surface area (Å²) in [6, 6.07) is 70.5. The average Bonchev–Trinajstić information content (AvgIpc) is 3.93. The molecule has 0 amide bonds. The van der Waals surface area contributed by atoms with Crippen molar-refractivity contribution in [3.8, 4) is 43.8 Å². The third-order valence-corrected chi connectivity index (χ3v) is 14.1. The summed E-state index contributed by atoms with van der Waals surface area (Å²) in [5.74, 6) is 0. The Hall–Kier alpha value is -6.48. The van der Waals surface area contributed by atoms with Crippen LogP contribution >= 0.6 is 11.3 Å². The summed E-state index contributed by atoms with van der Waals surface area (Å²) in [6.07, 6.45) is 0. The number of benzene rings is 8. The lowest BCUT2D eigenvalue weighted by Gasteiger charge is -2.33. The maximum atomic E-state index is 2.53. The van der Waals surface area contributed by atoms with Gasteiger partial charge in [0.15, 0.2) is 0 Å². The molecule has 0 fully saturated rings. The zero-order valence-corrected chi connectivity index (χ0v) is 32.1. The number of thiophene rings is 1. The van der Waals surface area contributed by atoms with Crippen LogP contribution in [-0.4, -0.2) is 0 Å². The van der Waals surface area contributed by atoms with E-state index in [9.17, 15) is 0 Å². The van der Waals surface area contributed by atoms with E-state index < -0.39 is 5.41 Å². The minimum atomic E-state index is -0.445. The normalized spacial score (nSPS) is 16.2. The Labute approximate surface area is 331 Å². The van der Waals surface area contributed by atoms with Crippen molar-refractivity contribution in [2.24, 2.45) is 0 Å². The number of hydrogen-bond donors (Lipinski definition) is 0. The second-order valence-electron chi connectivity index (χ2n) is 16.0. The molecule has 0 saturated carbocycles. The van der Waals surface area contributed by atoms with E-state index in [1.165, 1.54) is 87.3 Å². The van der Waals surface area contributed by atoms with Gasteiger partial charge in [-0.2, -0.15) is 0 Å². The molecule has 3 aliphatic carbocycles. The van der Waals surface area contributed by atoms with Gasteiger partial charge in [-0.3, -0.25) is 0 Å². The SMILES string of the molecule is CC1(C)c2ccccc2-c2ccc(N(c3ccc4c(c3)C3(c5ccccc5-4)c4ccccc4-c4sc5ccccc5c43)c3ccccc3-c3ccccc3)cc21. The summed E-state index contributed by atoms with van der Waals surface area (Å²) in [7, 11) is 0. The summed E-state index contributed by atoms with van der Waals surface area (Å²) in [6.45, 7) is 4.75. The van der Waals surface area contributed by atoms with Crippen molar-refractivity contribution in [1.29, 1.82) is 0 Å². The van der Waals surface area contributed by atoms with Gasteiger partial charge in [-0.15, -0.1) is 11.3 Å². The van der Waals surface area contributed by atoms with Crippen LogP contribution in [0.2, 0.25) is 0 Å². The van der Waals surface area contributed by atoms with Gasteiger partial charge in [0.05, 0.1) is 11.1 Å². The highest BCUT2D eigenvalue weighted by molar-refractivity contribution is 7.22. The first-order chi connectivity index (χ1) is 27.5. The smallest absolute Gasteiger partial charge is 0.0740 e. The van der Waals surface area contributed by atoms with E-state index in [0.29, 0.717) is 0 Å². The molecule has 12 rings (SSSR count). The summed E-state index contributed by atoms with van der Waals surface area (Å²) in [5.41, 5.74) is 20.2. The van der Waals surface area contributed by atoms with Crippen LogP contribution in [0.4, 0.5) is 17.1 Å². The van der Waals surface area contributed by atoms with Gasteiger partial charge in [0, 0.05) is 31.9 Å². The van der Waals surface area contributed by atoms with E-state index in [2.05, 4.69) is 207 Å². The molecule has 1 heterocycles. The van der Waals surface area contributed by atoms with Crippen molar-refractivity contribution >= 4 is 38.5 Å². The van der Waals surface area contributed by atoms with Crippen molar-refractivity contribution in [3.63, 3.8) is 0 Å². The number of fused-ring (bicyclic) bond motifs is 15. The van der Waals surface area contributed by atoms with Crippen molar-refractivity contribution in [1.82, 2.24) is 0 Å². The van der Waals surface area contributed by atoms with Gasteiger partial charge in [0.1, 0.15) is 0 Å². The number of nitrogens with zero attached hydrogens (tertiary/aromatic N) is 1. The van der Waals surface area contributed by atoms with Gasteiger partial charge < -0.3 is 4.90 Å². The molecule has 1 atom stereocenters. The predicted molar refractivity (Wildman–Crippen MR) is 236 cm³/mol. The molecular formula is C54H37NS. The molecule has 9 aromatic rings. The Morgan fingerprint density at radius 3 is 1.68 bits per heavy atom. The quantitative estimate of drug-likeness (QED) is 0.174. The third-order valence-electron chi connectivity index (χ3n) is 12.9. The molecule has 264 valence electrons. The standard InChI is InChI=1S/C54H37NS/c1-53(2)44-23-11-6-19-38(44)40-30-28-35(32-47(40)53)55(49-26-14-9-18-37(49)34-16-4-3-5-17-34)36-29-31-41-39-20-7-12-24-45(39)54(48(41)33-36)46-25-13-8-21-42(46)52-51(54)43-22-10-15-27-50(43)56-52/h3-33H,1-2H3. The highest BCUT2D eigenvalue weighted by atomic mass is 32.1. The van der Waals surface area contributed by atoms with Crippen molar-refractivity contribution in [3.05, 3.63) is 221 Å². The molecule has 1 unspecified atom stereocenters. The first kappa shape index (κ1) is 31.8. The number of hydrogen-bond acceptors (Lipinski definition) is 2. The maximum Gasteiger partial charge on any atom is 0.0740 e. The van der Waals surface area contributed by atoms with Crippen LogP contribution < -0.4 is 4.90 Å². The molecule has 0 saturated heterocycles. The van der Waals surface area contributed by atoms with Gasteiger partial charge in [0.25, 0.3) is 0 Å². The first-order valence-corrected chi connectivity index (χ1v) is 20.4. The number of para-hydroxylation sites is 1. The average molecular weight is 732 g/mol. The Bertz CT molecular complexity index is 3080. The van der Waals surface area contributed by atoms with Crippen LogP contribution in [0, 0.1) is 0 Å².